The minimum Gasteiger partial charge on any atom is -0.389 e. The van der Waals surface area contributed by atoms with E-state index >= 15 is 0 Å². The number of likely N-dealkylation sites (N-methyl/N-ethyl adjacent to an activating group) is 1. The molecule has 0 fully saturated rings. The Morgan fingerprint density at radius 2 is 2.38 bits per heavy atom. The fourth-order valence-corrected chi connectivity index (χ4v) is 1.37. The summed E-state index contributed by atoms with van der Waals surface area (Å²) in [7, 11) is 3.40. The van der Waals surface area contributed by atoms with E-state index in [1.165, 1.54) is 0 Å². The first-order chi connectivity index (χ1) is 7.67. The van der Waals surface area contributed by atoms with Gasteiger partial charge in [-0.3, -0.25) is 0 Å². The first-order valence-corrected chi connectivity index (χ1v) is 4.99. The molecule has 1 aromatic heterocycles. The number of methoxy groups -OCH3 is 1. The molecular formula is C10H18N4O2. The zero-order valence-corrected chi connectivity index (χ0v) is 9.55. The van der Waals surface area contributed by atoms with Gasteiger partial charge in [-0.1, -0.05) is 6.07 Å². The average molecular weight is 226 g/mol. The van der Waals surface area contributed by atoms with Crippen LogP contribution in [0.1, 0.15) is 0 Å². The Kier molecular flexibility index (Phi) is 4.97. The summed E-state index contributed by atoms with van der Waals surface area (Å²) in [6, 6.07) is 5.46. The lowest BCUT2D eigenvalue weighted by Crippen LogP contribution is -2.32. The molecule has 0 bridgehead atoms. The average Bonchev–Trinajstić information content (AvgIpc) is 2.29. The largest absolute Gasteiger partial charge is 0.389 e. The van der Waals surface area contributed by atoms with E-state index in [1.807, 2.05) is 24.1 Å². The lowest BCUT2D eigenvalue weighted by Gasteiger charge is -2.21. The fourth-order valence-electron chi connectivity index (χ4n) is 1.37. The van der Waals surface area contributed by atoms with Crippen LogP contribution in [-0.4, -0.2) is 43.5 Å². The molecule has 0 aromatic carbocycles. The number of ether oxygens (including phenoxy) is 1. The van der Waals surface area contributed by atoms with Gasteiger partial charge in [-0.15, -0.1) is 0 Å². The molecule has 0 aliphatic carbocycles. The normalized spacial score (nSPS) is 12.2. The second-order valence-corrected chi connectivity index (χ2v) is 3.52. The number of hydrogen-bond acceptors (Lipinski definition) is 6. The molecule has 4 N–H and O–H groups in total. The monoisotopic (exact) mass is 226 g/mol. The predicted molar refractivity (Wildman–Crippen MR) is 63.2 cm³/mol. The third-order valence-electron chi connectivity index (χ3n) is 2.12. The molecule has 0 aliphatic heterocycles. The summed E-state index contributed by atoms with van der Waals surface area (Å²) in [6.45, 7) is 0.758. The first-order valence-electron chi connectivity index (χ1n) is 4.99. The highest BCUT2D eigenvalue weighted by molar-refractivity contribution is 5.45. The number of aliphatic hydroxyl groups excluding tert-OH is 1. The van der Waals surface area contributed by atoms with E-state index in [0.717, 1.165) is 5.82 Å². The molecule has 1 atom stereocenters. The summed E-state index contributed by atoms with van der Waals surface area (Å²) in [5, 5.41) is 9.57. The summed E-state index contributed by atoms with van der Waals surface area (Å²) in [5.41, 5.74) is 2.48. The molecule has 0 saturated heterocycles. The summed E-state index contributed by atoms with van der Waals surface area (Å²) in [4.78, 5) is 6.08. The maximum absolute atomic E-state index is 9.57. The van der Waals surface area contributed by atoms with Gasteiger partial charge in [0.05, 0.1) is 12.7 Å². The zero-order valence-electron chi connectivity index (χ0n) is 9.55. The maximum atomic E-state index is 9.57. The first kappa shape index (κ1) is 12.7. The van der Waals surface area contributed by atoms with Crippen molar-refractivity contribution in [2.45, 2.75) is 6.10 Å². The lowest BCUT2D eigenvalue weighted by molar-refractivity contribution is 0.0694. The fraction of sp³-hybridized carbons (Fsp3) is 0.500. The van der Waals surface area contributed by atoms with Crippen LogP contribution in [0.2, 0.25) is 0 Å². The van der Waals surface area contributed by atoms with Gasteiger partial charge in [-0.25, -0.2) is 10.8 Å². The second kappa shape index (κ2) is 6.26. The summed E-state index contributed by atoms with van der Waals surface area (Å²) >= 11 is 0. The van der Waals surface area contributed by atoms with E-state index in [2.05, 4.69) is 10.4 Å². The van der Waals surface area contributed by atoms with Crippen molar-refractivity contribution in [3.8, 4) is 0 Å². The third-order valence-corrected chi connectivity index (χ3v) is 2.12. The number of nitrogens with zero attached hydrogens (tertiary/aromatic N) is 2. The van der Waals surface area contributed by atoms with Crippen LogP contribution >= 0.6 is 0 Å². The van der Waals surface area contributed by atoms with Crippen LogP contribution in [0.4, 0.5) is 11.6 Å². The van der Waals surface area contributed by atoms with E-state index in [9.17, 15) is 5.11 Å². The number of anilines is 2. The van der Waals surface area contributed by atoms with E-state index in [-0.39, 0.29) is 0 Å². The zero-order chi connectivity index (χ0) is 12.0. The van der Waals surface area contributed by atoms with Crippen LogP contribution in [-0.2, 0) is 4.74 Å². The summed E-state index contributed by atoms with van der Waals surface area (Å²) in [5.74, 6) is 6.60. The Morgan fingerprint density at radius 1 is 1.62 bits per heavy atom. The topological polar surface area (TPSA) is 83.6 Å². The SMILES string of the molecule is COCC(O)CN(C)c1cccc(NN)n1. The van der Waals surface area contributed by atoms with Crippen molar-refractivity contribution in [2.75, 3.05) is 37.6 Å². The van der Waals surface area contributed by atoms with Crippen molar-refractivity contribution in [3.05, 3.63) is 18.2 Å². The molecule has 16 heavy (non-hydrogen) atoms. The van der Waals surface area contributed by atoms with Gasteiger partial charge in [0, 0.05) is 20.7 Å². The van der Waals surface area contributed by atoms with Crippen LogP contribution in [0.15, 0.2) is 18.2 Å². The van der Waals surface area contributed by atoms with Gasteiger partial charge in [-0.05, 0) is 12.1 Å². The molecule has 6 nitrogen and oxygen atoms in total. The third kappa shape index (κ3) is 3.65. The Morgan fingerprint density at radius 3 is 3.00 bits per heavy atom. The van der Waals surface area contributed by atoms with E-state index in [0.29, 0.717) is 19.0 Å². The molecule has 1 aromatic rings. The van der Waals surface area contributed by atoms with Crippen LogP contribution in [0.25, 0.3) is 0 Å². The van der Waals surface area contributed by atoms with Crippen molar-refractivity contribution < 1.29 is 9.84 Å². The van der Waals surface area contributed by atoms with E-state index in [4.69, 9.17) is 10.6 Å². The van der Waals surface area contributed by atoms with Crippen LogP contribution in [0.3, 0.4) is 0 Å². The molecule has 0 saturated carbocycles. The van der Waals surface area contributed by atoms with Gasteiger partial charge in [0.15, 0.2) is 0 Å². The van der Waals surface area contributed by atoms with E-state index < -0.39 is 6.10 Å². The summed E-state index contributed by atoms with van der Waals surface area (Å²) in [6.07, 6.45) is -0.536. The lowest BCUT2D eigenvalue weighted by atomic mass is 10.3. The van der Waals surface area contributed by atoms with Gasteiger partial charge >= 0.3 is 0 Å². The van der Waals surface area contributed by atoms with E-state index in [1.54, 1.807) is 13.2 Å². The molecule has 0 spiro atoms. The quantitative estimate of drug-likeness (QED) is 0.460. The molecule has 90 valence electrons. The van der Waals surface area contributed by atoms with Crippen molar-refractivity contribution in [1.29, 1.82) is 0 Å². The number of aliphatic hydroxyl groups is 1. The van der Waals surface area contributed by atoms with Gasteiger partial charge in [-0.2, -0.15) is 0 Å². The number of nitrogen functional groups attached to an aromatic ring is 1. The van der Waals surface area contributed by atoms with Crippen molar-refractivity contribution in [1.82, 2.24) is 4.98 Å². The molecule has 0 radical (unpaired) electrons. The minimum absolute atomic E-state index is 0.305. The standard InChI is InChI=1S/C10H18N4O2/c1-14(6-8(15)7-16-2)10-5-3-4-9(12-10)13-11/h3-5,8,15H,6-7,11H2,1-2H3,(H,12,13). The number of hydrogen-bond donors (Lipinski definition) is 3. The highest BCUT2D eigenvalue weighted by atomic mass is 16.5. The van der Waals surface area contributed by atoms with Crippen molar-refractivity contribution in [3.63, 3.8) is 0 Å². The smallest absolute Gasteiger partial charge is 0.142 e. The second-order valence-electron chi connectivity index (χ2n) is 3.52. The van der Waals surface area contributed by atoms with Crippen LogP contribution < -0.4 is 16.2 Å². The number of pyridine rings is 1. The Balaban J connectivity index is 2.61. The predicted octanol–water partition coefficient (Wildman–Crippen LogP) is -0.189. The van der Waals surface area contributed by atoms with Crippen molar-refractivity contribution in [2.24, 2.45) is 5.84 Å². The Hall–Kier alpha value is -1.37. The highest BCUT2D eigenvalue weighted by Gasteiger charge is 2.09. The van der Waals surface area contributed by atoms with Crippen molar-refractivity contribution >= 4 is 11.6 Å². The molecule has 0 aliphatic rings. The number of rotatable bonds is 6. The molecule has 1 rings (SSSR count). The van der Waals surface area contributed by atoms with Gasteiger partial charge < -0.3 is 20.2 Å². The van der Waals surface area contributed by atoms with Gasteiger partial charge in [0.2, 0.25) is 0 Å². The number of aromatic nitrogens is 1. The highest BCUT2D eigenvalue weighted by Crippen LogP contribution is 2.12. The molecule has 0 amide bonds. The number of nitrogens with two attached hydrogens (primary N) is 1. The number of hydrazine groups is 1. The molecular weight excluding hydrogens is 208 g/mol. The summed E-state index contributed by atoms with van der Waals surface area (Å²) < 4.78 is 4.86. The van der Waals surface area contributed by atoms with Crippen LogP contribution in [0.5, 0.6) is 0 Å². The van der Waals surface area contributed by atoms with Crippen LogP contribution in [0, 0.1) is 0 Å². The maximum Gasteiger partial charge on any atom is 0.142 e. The minimum atomic E-state index is -0.536. The molecule has 6 heteroatoms. The Labute approximate surface area is 95.0 Å². The Bertz CT molecular complexity index is 321. The van der Waals surface area contributed by atoms with Gasteiger partial charge in [0.25, 0.3) is 0 Å². The van der Waals surface area contributed by atoms with Gasteiger partial charge in [0.1, 0.15) is 11.6 Å². The molecule has 1 unspecified atom stereocenters. The molecule has 1 heterocycles. The number of nitrogens with one attached hydrogen (secondary N) is 1.